The van der Waals surface area contributed by atoms with Crippen molar-refractivity contribution in [2.75, 3.05) is 25.1 Å². The normalized spacial score (nSPS) is 22.2. The number of carbonyl (C=O) groups is 2. The minimum absolute atomic E-state index is 0.0374. The van der Waals surface area contributed by atoms with Gasteiger partial charge in [-0.1, -0.05) is 0 Å². The van der Waals surface area contributed by atoms with Gasteiger partial charge in [-0.25, -0.2) is 0 Å². The third-order valence-corrected chi connectivity index (χ3v) is 4.11. The predicted molar refractivity (Wildman–Crippen MR) is 74.8 cm³/mol. The van der Waals surface area contributed by atoms with Crippen molar-refractivity contribution in [2.24, 2.45) is 0 Å². The van der Waals surface area contributed by atoms with Crippen LogP contribution in [0.3, 0.4) is 0 Å². The van der Waals surface area contributed by atoms with Crippen molar-refractivity contribution in [2.45, 2.75) is 25.8 Å². The molecule has 106 valence electrons. The van der Waals surface area contributed by atoms with Gasteiger partial charge in [-0.2, -0.15) is 0 Å². The quantitative estimate of drug-likeness (QED) is 0.817. The Hall–Kier alpha value is -2.04. The number of fused-ring (bicyclic) bond motifs is 1. The fraction of sp³-hybridized carbons (Fsp3) is 0.467. The average Bonchev–Trinajstić information content (AvgIpc) is 2.93. The molecule has 0 radical (unpaired) electrons. The lowest BCUT2D eigenvalue weighted by molar-refractivity contribution is -0.140. The van der Waals surface area contributed by atoms with Crippen LogP contribution in [0.4, 0.5) is 5.69 Å². The van der Waals surface area contributed by atoms with Crippen molar-refractivity contribution in [3.8, 4) is 5.75 Å². The summed E-state index contributed by atoms with van der Waals surface area (Å²) in [6, 6.07) is 5.29. The van der Waals surface area contributed by atoms with Crippen molar-refractivity contribution >= 4 is 17.5 Å². The Labute approximate surface area is 118 Å². The van der Waals surface area contributed by atoms with Crippen LogP contribution in [0.1, 0.15) is 18.4 Å². The van der Waals surface area contributed by atoms with Crippen molar-refractivity contribution in [3.63, 3.8) is 0 Å². The van der Waals surface area contributed by atoms with Gasteiger partial charge in [-0.15, -0.1) is 0 Å². The van der Waals surface area contributed by atoms with Crippen LogP contribution in [0.2, 0.25) is 0 Å². The number of carbonyl (C=O) groups excluding carboxylic acids is 2. The van der Waals surface area contributed by atoms with Gasteiger partial charge in [0.1, 0.15) is 18.3 Å². The Balaban J connectivity index is 1.93. The Morgan fingerprint density at radius 2 is 2.10 bits per heavy atom. The molecule has 0 saturated carbocycles. The number of aryl methyl sites for hydroxylation is 1. The average molecular weight is 274 g/mol. The number of methoxy groups -OCH3 is 1. The van der Waals surface area contributed by atoms with Gasteiger partial charge >= 0.3 is 0 Å². The second kappa shape index (κ2) is 4.81. The maximum absolute atomic E-state index is 12.6. The van der Waals surface area contributed by atoms with E-state index in [4.69, 9.17) is 4.74 Å². The molecule has 0 spiro atoms. The van der Waals surface area contributed by atoms with Crippen LogP contribution >= 0.6 is 0 Å². The Morgan fingerprint density at radius 3 is 2.80 bits per heavy atom. The molecule has 2 aliphatic heterocycles. The van der Waals surface area contributed by atoms with Crippen molar-refractivity contribution in [1.82, 2.24) is 4.90 Å². The zero-order chi connectivity index (χ0) is 14.3. The number of piperazine rings is 1. The molecule has 2 amide bonds. The van der Waals surface area contributed by atoms with Crippen LogP contribution in [0.25, 0.3) is 0 Å². The first kappa shape index (κ1) is 13.0. The second-order valence-electron chi connectivity index (χ2n) is 5.32. The first-order chi connectivity index (χ1) is 9.61. The fourth-order valence-corrected chi connectivity index (χ4v) is 3.07. The lowest BCUT2D eigenvalue weighted by atomic mass is 10.1. The topological polar surface area (TPSA) is 49.9 Å². The predicted octanol–water partition coefficient (Wildman–Crippen LogP) is 1.34. The van der Waals surface area contributed by atoms with E-state index in [0.29, 0.717) is 6.54 Å². The highest BCUT2D eigenvalue weighted by Gasteiger charge is 2.42. The van der Waals surface area contributed by atoms with Gasteiger partial charge in [0, 0.05) is 12.2 Å². The van der Waals surface area contributed by atoms with E-state index >= 15 is 0 Å². The Morgan fingerprint density at radius 1 is 1.30 bits per heavy atom. The molecule has 5 nitrogen and oxygen atoms in total. The summed E-state index contributed by atoms with van der Waals surface area (Å²) in [5.41, 5.74) is 1.74. The maximum atomic E-state index is 12.6. The summed E-state index contributed by atoms with van der Waals surface area (Å²) in [5, 5.41) is 0. The van der Waals surface area contributed by atoms with E-state index in [2.05, 4.69) is 0 Å². The Kier molecular flexibility index (Phi) is 3.12. The third-order valence-electron chi connectivity index (χ3n) is 4.11. The number of hydrogen-bond donors (Lipinski definition) is 0. The molecule has 2 heterocycles. The standard InChI is InChI=1S/C15H18N2O3/c1-10-8-11(20-2)5-6-12(10)17-9-14(18)16-7-3-4-13(16)15(17)19/h5-6,8,13H,3-4,7,9H2,1-2H3. The lowest BCUT2D eigenvalue weighted by Crippen LogP contribution is -2.57. The molecular weight excluding hydrogens is 256 g/mol. The largest absolute Gasteiger partial charge is 0.497 e. The summed E-state index contributed by atoms with van der Waals surface area (Å²) in [4.78, 5) is 28.0. The van der Waals surface area contributed by atoms with Crippen molar-refractivity contribution in [3.05, 3.63) is 23.8 Å². The highest BCUT2D eigenvalue weighted by molar-refractivity contribution is 6.07. The molecule has 2 fully saturated rings. The molecule has 5 heteroatoms. The smallest absolute Gasteiger partial charge is 0.250 e. The van der Waals surface area contributed by atoms with E-state index in [-0.39, 0.29) is 24.4 Å². The first-order valence-corrected chi connectivity index (χ1v) is 6.87. The summed E-state index contributed by atoms with van der Waals surface area (Å²) < 4.78 is 5.18. The molecule has 1 aromatic rings. The van der Waals surface area contributed by atoms with Gasteiger partial charge in [0.2, 0.25) is 11.8 Å². The molecule has 0 aromatic heterocycles. The van der Waals surface area contributed by atoms with E-state index in [1.54, 1.807) is 16.9 Å². The van der Waals surface area contributed by atoms with Crippen molar-refractivity contribution in [1.29, 1.82) is 0 Å². The molecule has 1 unspecified atom stereocenters. The number of anilines is 1. The first-order valence-electron chi connectivity index (χ1n) is 6.87. The van der Waals surface area contributed by atoms with Crippen LogP contribution in [0.5, 0.6) is 5.75 Å². The number of benzene rings is 1. The maximum Gasteiger partial charge on any atom is 0.250 e. The second-order valence-corrected chi connectivity index (χ2v) is 5.32. The molecular formula is C15H18N2O3. The van der Waals surface area contributed by atoms with Gasteiger partial charge in [0.25, 0.3) is 0 Å². The molecule has 1 atom stereocenters. The Bertz CT molecular complexity index is 570. The lowest BCUT2D eigenvalue weighted by Gasteiger charge is -2.37. The van der Waals surface area contributed by atoms with Crippen LogP contribution in [-0.4, -0.2) is 43.0 Å². The summed E-state index contributed by atoms with van der Waals surface area (Å²) in [7, 11) is 1.61. The van der Waals surface area contributed by atoms with Crippen LogP contribution in [0.15, 0.2) is 18.2 Å². The van der Waals surface area contributed by atoms with E-state index in [9.17, 15) is 9.59 Å². The number of hydrogen-bond acceptors (Lipinski definition) is 3. The summed E-state index contributed by atoms with van der Waals surface area (Å²) in [6.45, 7) is 2.78. The molecule has 0 bridgehead atoms. The van der Waals surface area contributed by atoms with Crippen LogP contribution in [0, 0.1) is 6.92 Å². The van der Waals surface area contributed by atoms with Gasteiger partial charge in [-0.3, -0.25) is 9.59 Å². The zero-order valence-corrected chi connectivity index (χ0v) is 11.8. The molecule has 0 aliphatic carbocycles. The van der Waals surface area contributed by atoms with E-state index in [0.717, 1.165) is 29.8 Å². The van der Waals surface area contributed by atoms with Crippen LogP contribution in [-0.2, 0) is 9.59 Å². The number of ether oxygens (including phenoxy) is 1. The molecule has 3 rings (SSSR count). The minimum Gasteiger partial charge on any atom is -0.497 e. The van der Waals surface area contributed by atoms with Crippen LogP contribution < -0.4 is 9.64 Å². The summed E-state index contributed by atoms with van der Waals surface area (Å²) in [5.74, 6) is 0.835. The van der Waals surface area contributed by atoms with Gasteiger partial charge in [-0.05, 0) is 43.5 Å². The van der Waals surface area contributed by atoms with Gasteiger partial charge in [0.05, 0.1) is 7.11 Å². The van der Waals surface area contributed by atoms with E-state index in [1.165, 1.54) is 0 Å². The van der Waals surface area contributed by atoms with E-state index < -0.39 is 0 Å². The van der Waals surface area contributed by atoms with Gasteiger partial charge < -0.3 is 14.5 Å². The fourth-order valence-electron chi connectivity index (χ4n) is 3.07. The monoisotopic (exact) mass is 274 g/mol. The highest BCUT2D eigenvalue weighted by atomic mass is 16.5. The summed E-state index contributed by atoms with van der Waals surface area (Å²) in [6.07, 6.45) is 1.69. The zero-order valence-electron chi connectivity index (χ0n) is 11.8. The number of rotatable bonds is 2. The number of nitrogens with zero attached hydrogens (tertiary/aromatic N) is 2. The van der Waals surface area contributed by atoms with Gasteiger partial charge in [0.15, 0.2) is 0 Å². The highest BCUT2D eigenvalue weighted by Crippen LogP contribution is 2.30. The number of amides is 2. The molecule has 0 N–H and O–H groups in total. The van der Waals surface area contributed by atoms with Crippen molar-refractivity contribution < 1.29 is 14.3 Å². The SMILES string of the molecule is COc1ccc(N2CC(=O)N3CCCC3C2=O)c(C)c1. The minimum atomic E-state index is -0.266. The van der Waals surface area contributed by atoms with E-state index in [1.807, 2.05) is 25.1 Å². The third kappa shape index (κ3) is 1.94. The molecule has 20 heavy (non-hydrogen) atoms. The molecule has 2 saturated heterocycles. The summed E-state index contributed by atoms with van der Waals surface area (Å²) >= 11 is 0. The molecule has 2 aliphatic rings. The molecule has 1 aromatic carbocycles.